The number of nitrogens with zero attached hydrogens (tertiary/aromatic N) is 3. The number of hydrogen-bond donors (Lipinski definition) is 0. The van der Waals surface area contributed by atoms with Crippen molar-refractivity contribution in [1.82, 2.24) is 14.7 Å². The van der Waals surface area contributed by atoms with Crippen LogP contribution in [0.4, 0.5) is 4.39 Å². The Balaban J connectivity index is 1.56. The summed E-state index contributed by atoms with van der Waals surface area (Å²) in [6, 6.07) is 6.47. The zero-order valence-corrected chi connectivity index (χ0v) is 15.4. The molecular weight excluding hydrogens is 333 g/mol. The Morgan fingerprint density at radius 1 is 1.27 bits per heavy atom. The summed E-state index contributed by atoms with van der Waals surface area (Å²) in [5.74, 6) is -0.331. The van der Waals surface area contributed by atoms with E-state index < -0.39 is 0 Å². The van der Waals surface area contributed by atoms with Crippen molar-refractivity contribution in [1.29, 1.82) is 0 Å². The monoisotopic (exact) mass is 359 g/mol. The Hall–Kier alpha value is -2.21. The van der Waals surface area contributed by atoms with Gasteiger partial charge in [-0.05, 0) is 43.8 Å². The van der Waals surface area contributed by atoms with Crippen molar-refractivity contribution in [3.8, 4) is 0 Å². The predicted octanol–water partition coefficient (Wildman–Crippen LogP) is 1.85. The van der Waals surface area contributed by atoms with Crippen LogP contribution in [0, 0.1) is 11.7 Å². The van der Waals surface area contributed by atoms with Crippen molar-refractivity contribution < 1.29 is 14.0 Å². The maximum absolute atomic E-state index is 13.1. The highest BCUT2D eigenvalue weighted by Gasteiger charge is 2.36. The summed E-state index contributed by atoms with van der Waals surface area (Å²) >= 11 is 0. The van der Waals surface area contributed by atoms with Gasteiger partial charge in [-0.1, -0.05) is 18.2 Å². The molecule has 0 bridgehead atoms. The first-order valence-electron chi connectivity index (χ1n) is 9.10. The molecule has 0 saturated carbocycles. The Bertz CT molecular complexity index is 700. The van der Waals surface area contributed by atoms with Crippen LogP contribution in [0.5, 0.6) is 0 Å². The normalized spacial score (nSPS) is 20.7. The molecule has 1 saturated heterocycles. The lowest BCUT2D eigenvalue weighted by atomic mass is 9.98. The van der Waals surface area contributed by atoms with Crippen LogP contribution in [-0.4, -0.2) is 73.3 Å². The number of carbonyl (C=O) groups excluding carboxylic acids is 2. The first kappa shape index (κ1) is 18.6. The van der Waals surface area contributed by atoms with E-state index in [2.05, 4.69) is 0 Å². The fourth-order valence-electron chi connectivity index (χ4n) is 3.53. The number of benzene rings is 1. The summed E-state index contributed by atoms with van der Waals surface area (Å²) in [7, 11) is 3.95. The standard InChI is InChI=1S/C20H26FN3O2/c1-22(2)11-12-24-14-17(13-19(24)25)20(26)23-9-7-16(8-10-23)15-3-5-18(21)6-4-15/h3-7,17H,8-14H2,1-2H3. The van der Waals surface area contributed by atoms with Crippen LogP contribution in [0.25, 0.3) is 5.57 Å². The van der Waals surface area contributed by atoms with Crippen molar-refractivity contribution in [3.05, 3.63) is 41.7 Å². The quantitative estimate of drug-likeness (QED) is 0.806. The van der Waals surface area contributed by atoms with E-state index in [0.29, 0.717) is 32.6 Å². The second-order valence-electron chi connectivity index (χ2n) is 7.31. The van der Waals surface area contributed by atoms with Gasteiger partial charge in [0.2, 0.25) is 11.8 Å². The van der Waals surface area contributed by atoms with E-state index in [1.807, 2.05) is 30.0 Å². The van der Waals surface area contributed by atoms with Gasteiger partial charge in [0.1, 0.15) is 5.82 Å². The number of halogens is 1. The molecule has 2 aliphatic heterocycles. The number of likely N-dealkylation sites (N-methyl/N-ethyl adjacent to an activating group) is 1. The van der Waals surface area contributed by atoms with E-state index in [0.717, 1.165) is 24.1 Å². The van der Waals surface area contributed by atoms with E-state index in [-0.39, 0.29) is 23.5 Å². The van der Waals surface area contributed by atoms with Crippen LogP contribution in [0.3, 0.4) is 0 Å². The molecule has 1 aromatic rings. The average Bonchev–Trinajstić information content (AvgIpc) is 3.01. The van der Waals surface area contributed by atoms with Gasteiger partial charge in [0, 0.05) is 39.1 Å². The lowest BCUT2D eigenvalue weighted by molar-refractivity contribution is -0.135. The predicted molar refractivity (Wildman–Crippen MR) is 98.8 cm³/mol. The SMILES string of the molecule is CN(C)CCN1CC(C(=O)N2CC=C(c3ccc(F)cc3)CC2)CC1=O. The van der Waals surface area contributed by atoms with Gasteiger partial charge >= 0.3 is 0 Å². The highest BCUT2D eigenvalue weighted by atomic mass is 19.1. The van der Waals surface area contributed by atoms with Gasteiger partial charge < -0.3 is 14.7 Å². The van der Waals surface area contributed by atoms with E-state index in [9.17, 15) is 14.0 Å². The molecule has 1 aromatic carbocycles. The van der Waals surface area contributed by atoms with Crippen LogP contribution < -0.4 is 0 Å². The smallest absolute Gasteiger partial charge is 0.228 e. The third-order valence-electron chi connectivity index (χ3n) is 5.12. The van der Waals surface area contributed by atoms with Crippen LogP contribution in [0.1, 0.15) is 18.4 Å². The minimum Gasteiger partial charge on any atom is -0.341 e. The van der Waals surface area contributed by atoms with Crippen molar-refractivity contribution >= 4 is 17.4 Å². The molecule has 0 aromatic heterocycles. The molecule has 0 aliphatic carbocycles. The fraction of sp³-hybridized carbons (Fsp3) is 0.500. The van der Waals surface area contributed by atoms with E-state index >= 15 is 0 Å². The van der Waals surface area contributed by atoms with Crippen molar-refractivity contribution in [2.24, 2.45) is 5.92 Å². The molecule has 2 amide bonds. The molecule has 1 fully saturated rings. The first-order chi connectivity index (χ1) is 12.4. The number of amides is 2. The first-order valence-corrected chi connectivity index (χ1v) is 9.10. The van der Waals surface area contributed by atoms with E-state index in [4.69, 9.17) is 0 Å². The fourth-order valence-corrected chi connectivity index (χ4v) is 3.53. The zero-order chi connectivity index (χ0) is 18.7. The molecule has 6 heteroatoms. The topological polar surface area (TPSA) is 43.9 Å². The summed E-state index contributed by atoms with van der Waals surface area (Å²) in [6.45, 7) is 3.19. The van der Waals surface area contributed by atoms with Crippen molar-refractivity contribution in [3.63, 3.8) is 0 Å². The molecule has 3 rings (SSSR count). The largest absolute Gasteiger partial charge is 0.341 e. The molecule has 140 valence electrons. The lowest BCUT2D eigenvalue weighted by Gasteiger charge is -2.29. The van der Waals surface area contributed by atoms with Crippen LogP contribution in [-0.2, 0) is 9.59 Å². The van der Waals surface area contributed by atoms with Gasteiger partial charge in [0.25, 0.3) is 0 Å². The molecular formula is C20H26FN3O2. The molecule has 2 heterocycles. The minimum atomic E-state index is -0.244. The number of likely N-dealkylation sites (tertiary alicyclic amines) is 1. The average molecular weight is 359 g/mol. The van der Waals surface area contributed by atoms with Crippen LogP contribution >= 0.6 is 0 Å². The second kappa shape index (κ2) is 7.99. The molecule has 5 nitrogen and oxygen atoms in total. The Kier molecular flexibility index (Phi) is 5.71. The summed E-state index contributed by atoms with van der Waals surface area (Å²) in [5, 5.41) is 0. The van der Waals surface area contributed by atoms with Gasteiger partial charge in [0.05, 0.1) is 5.92 Å². The van der Waals surface area contributed by atoms with Crippen molar-refractivity contribution in [2.45, 2.75) is 12.8 Å². The number of hydrogen-bond acceptors (Lipinski definition) is 3. The third-order valence-corrected chi connectivity index (χ3v) is 5.12. The highest BCUT2D eigenvalue weighted by molar-refractivity contribution is 5.89. The molecule has 1 atom stereocenters. The van der Waals surface area contributed by atoms with Crippen LogP contribution in [0.15, 0.2) is 30.3 Å². The van der Waals surface area contributed by atoms with Crippen molar-refractivity contribution in [2.75, 3.05) is 46.8 Å². The summed E-state index contributed by atoms with van der Waals surface area (Å²) in [5.41, 5.74) is 2.15. The Morgan fingerprint density at radius 2 is 2.00 bits per heavy atom. The maximum atomic E-state index is 13.1. The van der Waals surface area contributed by atoms with Gasteiger partial charge in [-0.25, -0.2) is 4.39 Å². The third kappa shape index (κ3) is 4.30. The molecule has 26 heavy (non-hydrogen) atoms. The summed E-state index contributed by atoms with van der Waals surface area (Å²) < 4.78 is 13.1. The molecule has 0 radical (unpaired) electrons. The summed E-state index contributed by atoms with van der Waals surface area (Å²) in [4.78, 5) is 30.6. The molecule has 0 spiro atoms. The van der Waals surface area contributed by atoms with E-state index in [1.54, 1.807) is 17.0 Å². The van der Waals surface area contributed by atoms with Gasteiger partial charge in [-0.2, -0.15) is 0 Å². The van der Waals surface area contributed by atoms with Gasteiger partial charge in [0.15, 0.2) is 0 Å². The lowest BCUT2D eigenvalue weighted by Crippen LogP contribution is -2.40. The molecule has 1 unspecified atom stereocenters. The minimum absolute atomic E-state index is 0.0695. The van der Waals surface area contributed by atoms with Gasteiger partial charge in [-0.15, -0.1) is 0 Å². The Labute approximate surface area is 154 Å². The summed E-state index contributed by atoms with van der Waals surface area (Å²) in [6.07, 6.45) is 3.11. The zero-order valence-electron chi connectivity index (χ0n) is 15.4. The van der Waals surface area contributed by atoms with Gasteiger partial charge in [-0.3, -0.25) is 9.59 Å². The number of carbonyl (C=O) groups is 2. The van der Waals surface area contributed by atoms with E-state index in [1.165, 1.54) is 12.1 Å². The molecule has 2 aliphatic rings. The maximum Gasteiger partial charge on any atom is 0.228 e. The molecule has 0 N–H and O–H groups in total. The Morgan fingerprint density at radius 3 is 2.62 bits per heavy atom. The second-order valence-corrected chi connectivity index (χ2v) is 7.31. The number of rotatable bonds is 5. The van der Waals surface area contributed by atoms with Crippen LogP contribution in [0.2, 0.25) is 0 Å². The highest BCUT2D eigenvalue weighted by Crippen LogP contribution is 2.25.